The first-order valence-electron chi connectivity index (χ1n) is 7.08. The van der Waals surface area contributed by atoms with Crippen molar-refractivity contribution >= 4 is 40.3 Å². The van der Waals surface area contributed by atoms with E-state index < -0.39 is 4.92 Å². The number of rotatable bonds is 2. The Hall–Kier alpha value is -2.60. The summed E-state index contributed by atoms with van der Waals surface area (Å²) < 4.78 is 0. The molecule has 0 spiro atoms. The molecule has 1 atom stereocenters. The Balaban J connectivity index is 2.19. The summed E-state index contributed by atoms with van der Waals surface area (Å²) in [6.45, 7) is 2.18. The fraction of sp³-hybridized carbons (Fsp3) is 0.188. The van der Waals surface area contributed by atoms with Gasteiger partial charge in [-0.25, -0.2) is 0 Å². The molecule has 0 fully saturated rings. The van der Waals surface area contributed by atoms with Gasteiger partial charge >= 0.3 is 0 Å². The van der Waals surface area contributed by atoms with Crippen LogP contribution < -0.4 is 10.2 Å². The summed E-state index contributed by atoms with van der Waals surface area (Å²) in [5.74, 6) is -0.424. The Kier molecular flexibility index (Phi) is 3.92. The van der Waals surface area contributed by atoms with Crippen LogP contribution in [0.4, 0.5) is 22.7 Å². The van der Waals surface area contributed by atoms with Gasteiger partial charge in [-0.05, 0) is 18.2 Å². The van der Waals surface area contributed by atoms with Gasteiger partial charge in [0.15, 0.2) is 0 Å². The van der Waals surface area contributed by atoms with E-state index in [0.717, 1.165) is 0 Å². The monoisotopic (exact) mass is 331 g/mol. The zero-order chi connectivity index (χ0) is 16.6. The van der Waals surface area contributed by atoms with E-state index in [9.17, 15) is 14.9 Å². The minimum absolute atomic E-state index is 0.0374. The summed E-state index contributed by atoms with van der Waals surface area (Å²) in [7, 11) is 0. The summed E-state index contributed by atoms with van der Waals surface area (Å²) in [5.41, 5.74) is 1.76. The van der Waals surface area contributed by atoms with Gasteiger partial charge in [-0.2, -0.15) is 0 Å². The summed E-state index contributed by atoms with van der Waals surface area (Å²) in [6, 6.07) is 11.6. The molecule has 0 bridgehead atoms. The molecule has 0 aliphatic carbocycles. The number of hydrogen-bond acceptors (Lipinski definition) is 4. The Labute approximate surface area is 137 Å². The minimum Gasteiger partial charge on any atom is -0.338 e. The SMILES string of the molecule is C[C@@H]1CN(c2ccccc2Cl)c2cc([N+](=O)[O-])ccc2NC1=O. The Morgan fingerprint density at radius 2 is 2.00 bits per heavy atom. The van der Waals surface area contributed by atoms with Crippen molar-refractivity contribution in [2.45, 2.75) is 6.92 Å². The van der Waals surface area contributed by atoms with Crippen LogP contribution in [0.5, 0.6) is 0 Å². The number of benzene rings is 2. The largest absolute Gasteiger partial charge is 0.338 e. The van der Waals surface area contributed by atoms with E-state index in [1.54, 1.807) is 19.1 Å². The number of anilines is 3. The van der Waals surface area contributed by atoms with Crippen molar-refractivity contribution in [1.82, 2.24) is 0 Å². The highest BCUT2D eigenvalue weighted by atomic mass is 35.5. The molecule has 0 saturated heterocycles. The predicted octanol–water partition coefficient (Wildman–Crippen LogP) is 3.97. The fourth-order valence-electron chi connectivity index (χ4n) is 2.57. The van der Waals surface area contributed by atoms with Crippen LogP contribution in [-0.2, 0) is 4.79 Å². The highest BCUT2D eigenvalue weighted by Gasteiger charge is 2.28. The van der Waals surface area contributed by atoms with Gasteiger partial charge in [-0.15, -0.1) is 0 Å². The molecule has 0 radical (unpaired) electrons. The van der Waals surface area contributed by atoms with Crippen molar-refractivity contribution in [1.29, 1.82) is 0 Å². The molecule has 2 aromatic rings. The van der Waals surface area contributed by atoms with Crippen LogP contribution in [0.3, 0.4) is 0 Å². The minimum atomic E-state index is -0.457. The van der Waals surface area contributed by atoms with Gasteiger partial charge in [0.1, 0.15) is 0 Å². The number of nitrogens with one attached hydrogen (secondary N) is 1. The van der Waals surface area contributed by atoms with Crippen LogP contribution in [0.2, 0.25) is 5.02 Å². The quantitative estimate of drug-likeness (QED) is 0.667. The van der Waals surface area contributed by atoms with Gasteiger partial charge in [-0.1, -0.05) is 30.7 Å². The normalized spacial score (nSPS) is 17.2. The lowest BCUT2D eigenvalue weighted by molar-refractivity contribution is -0.384. The molecule has 6 nitrogen and oxygen atoms in total. The van der Waals surface area contributed by atoms with Crippen molar-refractivity contribution in [3.63, 3.8) is 0 Å². The van der Waals surface area contributed by atoms with E-state index in [0.29, 0.717) is 28.6 Å². The van der Waals surface area contributed by atoms with E-state index in [-0.39, 0.29) is 17.5 Å². The second-order valence-electron chi connectivity index (χ2n) is 5.41. The second kappa shape index (κ2) is 5.89. The van der Waals surface area contributed by atoms with Crippen molar-refractivity contribution in [3.8, 4) is 0 Å². The van der Waals surface area contributed by atoms with Crippen molar-refractivity contribution in [3.05, 3.63) is 57.6 Å². The molecule has 0 aromatic heterocycles. The number of non-ortho nitro benzene ring substituents is 1. The average Bonchev–Trinajstić information content (AvgIpc) is 2.64. The molecule has 3 rings (SSSR count). The van der Waals surface area contributed by atoms with Crippen LogP contribution in [0.15, 0.2) is 42.5 Å². The van der Waals surface area contributed by atoms with Crippen LogP contribution in [0.25, 0.3) is 0 Å². The van der Waals surface area contributed by atoms with Gasteiger partial charge in [0.25, 0.3) is 5.69 Å². The number of para-hydroxylation sites is 1. The molecule has 2 aromatic carbocycles. The average molecular weight is 332 g/mol. The second-order valence-corrected chi connectivity index (χ2v) is 5.82. The van der Waals surface area contributed by atoms with E-state index in [1.807, 2.05) is 23.1 Å². The summed E-state index contributed by atoms with van der Waals surface area (Å²) >= 11 is 6.28. The van der Waals surface area contributed by atoms with E-state index in [4.69, 9.17) is 11.6 Å². The number of nitro groups is 1. The third-order valence-electron chi connectivity index (χ3n) is 3.79. The highest BCUT2D eigenvalue weighted by molar-refractivity contribution is 6.33. The highest BCUT2D eigenvalue weighted by Crippen LogP contribution is 2.40. The van der Waals surface area contributed by atoms with Gasteiger partial charge in [0.05, 0.1) is 32.9 Å². The maximum absolute atomic E-state index is 12.2. The maximum atomic E-state index is 12.2. The zero-order valence-corrected chi connectivity index (χ0v) is 13.1. The lowest BCUT2D eigenvalue weighted by Gasteiger charge is -2.26. The molecule has 1 amide bonds. The van der Waals surface area contributed by atoms with Crippen molar-refractivity contribution < 1.29 is 9.72 Å². The van der Waals surface area contributed by atoms with Gasteiger partial charge in [0.2, 0.25) is 5.91 Å². The van der Waals surface area contributed by atoms with Gasteiger partial charge in [0, 0.05) is 18.7 Å². The smallest absolute Gasteiger partial charge is 0.271 e. The first kappa shape index (κ1) is 15.3. The van der Waals surface area contributed by atoms with Crippen molar-refractivity contribution in [2.24, 2.45) is 5.92 Å². The topological polar surface area (TPSA) is 75.5 Å². The number of carbonyl (C=O) groups excluding carboxylic acids is 1. The number of hydrogen-bond donors (Lipinski definition) is 1. The van der Waals surface area contributed by atoms with Crippen LogP contribution in [0.1, 0.15) is 6.92 Å². The summed E-state index contributed by atoms with van der Waals surface area (Å²) in [4.78, 5) is 24.6. The first-order chi connectivity index (χ1) is 11.0. The lowest BCUT2D eigenvalue weighted by atomic mass is 10.1. The van der Waals surface area contributed by atoms with Gasteiger partial charge < -0.3 is 10.2 Å². The maximum Gasteiger partial charge on any atom is 0.271 e. The van der Waals surface area contributed by atoms with Crippen molar-refractivity contribution in [2.75, 3.05) is 16.8 Å². The first-order valence-corrected chi connectivity index (χ1v) is 7.46. The molecule has 0 saturated carbocycles. The van der Waals surface area contributed by atoms with E-state index in [2.05, 4.69) is 5.32 Å². The third kappa shape index (κ3) is 2.85. The number of amides is 1. The molecule has 0 unspecified atom stereocenters. The number of nitrogens with zero attached hydrogens (tertiary/aromatic N) is 2. The number of fused-ring (bicyclic) bond motifs is 1. The number of nitro benzene ring substituents is 1. The molecule has 1 aliphatic rings. The summed E-state index contributed by atoms with van der Waals surface area (Å²) in [5, 5.41) is 14.4. The molecule has 1 aliphatic heterocycles. The van der Waals surface area contributed by atoms with E-state index in [1.165, 1.54) is 12.1 Å². The number of halogens is 1. The van der Waals surface area contributed by atoms with Crippen LogP contribution in [-0.4, -0.2) is 17.4 Å². The molecule has 1 heterocycles. The Morgan fingerprint density at radius 3 is 2.70 bits per heavy atom. The third-order valence-corrected chi connectivity index (χ3v) is 4.11. The molecular weight excluding hydrogens is 318 g/mol. The number of carbonyl (C=O) groups is 1. The lowest BCUT2D eigenvalue weighted by Crippen LogP contribution is -2.27. The molecule has 118 valence electrons. The molecule has 7 heteroatoms. The molecular formula is C16H14ClN3O3. The van der Waals surface area contributed by atoms with Gasteiger partial charge in [-0.3, -0.25) is 14.9 Å². The Bertz CT molecular complexity index is 794. The fourth-order valence-corrected chi connectivity index (χ4v) is 2.81. The molecule has 23 heavy (non-hydrogen) atoms. The van der Waals surface area contributed by atoms with Crippen LogP contribution in [0, 0.1) is 16.0 Å². The standard InChI is InChI=1S/C16H14ClN3O3/c1-10-9-19(14-5-3-2-4-12(14)17)15-8-11(20(22)23)6-7-13(15)18-16(10)21/h2-8,10H,9H2,1H3,(H,18,21)/t10-/m1/s1. The summed E-state index contributed by atoms with van der Waals surface area (Å²) in [6.07, 6.45) is 0. The van der Waals surface area contributed by atoms with Crippen LogP contribution >= 0.6 is 11.6 Å². The predicted molar refractivity (Wildman–Crippen MR) is 89.3 cm³/mol. The Morgan fingerprint density at radius 1 is 1.26 bits per heavy atom. The van der Waals surface area contributed by atoms with E-state index >= 15 is 0 Å². The zero-order valence-electron chi connectivity index (χ0n) is 12.3. The molecule has 1 N–H and O–H groups in total.